The van der Waals surface area contributed by atoms with E-state index < -0.39 is 54.0 Å². The molecule has 3 saturated heterocycles. The van der Waals surface area contributed by atoms with E-state index in [9.17, 15) is 19.5 Å². The molecule has 1 spiro atoms. The maximum absolute atomic E-state index is 14.5. The van der Waals surface area contributed by atoms with Gasteiger partial charge in [0.05, 0.1) is 47.9 Å². The first-order valence-corrected chi connectivity index (χ1v) is 14.9. The molecule has 224 valence electrons. The van der Waals surface area contributed by atoms with Crippen LogP contribution in [0.25, 0.3) is 0 Å². The largest absolute Gasteiger partial charge is 0.494 e. The minimum Gasteiger partial charge on any atom is -0.494 e. The summed E-state index contributed by atoms with van der Waals surface area (Å²) in [5, 5.41) is 16.9. The SMILES string of the molecule is CCOc1ccc(NC(=O)[C@@H]2[C@@H]3CCC4(O3)C(C(=O)Nc3c(C)cccc3Cl)N([C@H](CO)c3ccccc3)C(=O)[C@H]24)cc1. The first kappa shape index (κ1) is 29.2. The molecule has 10 heteroatoms. The van der Waals surface area contributed by atoms with Crippen molar-refractivity contribution in [2.24, 2.45) is 11.8 Å². The van der Waals surface area contributed by atoms with Gasteiger partial charge in [-0.3, -0.25) is 14.4 Å². The van der Waals surface area contributed by atoms with Crippen molar-refractivity contribution < 1.29 is 29.0 Å². The van der Waals surface area contributed by atoms with Gasteiger partial charge in [0.15, 0.2) is 0 Å². The number of amides is 3. The number of anilines is 2. The average Bonchev–Trinajstić information content (AvgIpc) is 3.65. The number of fused-ring (bicyclic) bond motifs is 1. The monoisotopic (exact) mass is 603 g/mol. The molecule has 0 radical (unpaired) electrons. The van der Waals surface area contributed by atoms with Crippen LogP contribution in [0.15, 0.2) is 72.8 Å². The van der Waals surface area contributed by atoms with Crippen LogP contribution in [0.5, 0.6) is 5.75 Å². The van der Waals surface area contributed by atoms with Crippen molar-refractivity contribution in [2.45, 2.75) is 50.5 Å². The minimum atomic E-state index is -1.25. The van der Waals surface area contributed by atoms with Gasteiger partial charge >= 0.3 is 0 Å². The van der Waals surface area contributed by atoms with E-state index in [-0.39, 0.29) is 5.91 Å². The molecule has 6 atom stereocenters. The molecule has 3 N–H and O–H groups in total. The van der Waals surface area contributed by atoms with Crippen molar-refractivity contribution in [2.75, 3.05) is 23.8 Å². The summed E-state index contributed by atoms with van der Waals surface area (Å²) in [7, 11) is 0. The Kier molecular flexibility index (Phi) is 7.89. The number of aliphatic hydroxyl groups excluding tert-OH is 1. The Morgan fingerprint density at radius 2 is 1.81 bits per heavy atom. The van der Waals surface area contributed by atoms with Gasteiger partial charge in [-0.15, -0.1) is 0 Å². The number of nitrogens with zero attached hydrogens (tertiary/aromatic N) is 1. The molecule has 3 heterocycles. The van der Waals surface area contributed by atoms with E-state index in [1.165, 1.54) is 4.90 Å². The number of nitrogens with one attached hydrogen (secondary N) is 2. The van der Waals surface area contributed by atoms with Gasteiger partial charge in [0.25, 0.3) is 0 Å². The fourth-order valence-corrected chi connectivity index (χ4v) is 7.33. The number of benzene rings is 3. The number of carbonyl (C=O) groups is 3. The molecule has 3 aromatic rings. The lowest BCUT2D eigenvalue weighted by Crippen LogP contribution is -2.54. The second kappa shape index (κ2) is 11.6. The van der Waals surface area contributed by atoms with E-state index in [0.717, 1.165) is 5.56 Å². The van der Waals surface area contributed by atoms with E-state index in [1.54, 1.807) is 36.4 Å². The Bertz CT molecular complexity index is 1510. The summed E-state index contributed by atoms with van der Waals surface area (Å²) in [6, 6.07) is 19.5. The average molecular weight is 604 g/mol. The highest BCUT2D eigenvalue weighted by atomic mass is 35.5. The van der Waals surface area contributed by atoms with Gasteiger partial charge in [-0.1, -0.05) is 54.1 Å². The number of rotatable bonds is 9. The molecule has 0 aliphatic carbocycles. The van der Waals surface area contributed by atoms with Crippen LogP contribution in [0, 0.1) is 18.8 Å². The fourth-order valence-electron chi connectivity index (χ4n) is 7.06. The fraction of sp³-hybridized carbons (Fsp3) is 0.364. The smallest absolute Gasteiger partial charge is 0.250 e. The van der Waals surface area contributed by atoms with Gasteiger partial charge in [0, 0.05) is 5.69 Å². The predicted octanol–water partition coefficient (Wildman–Crippen LogP) is 4.73. The summed E-state index contributed by atoms with van der Waals surface area (Å²) < 4.78 is 12.0. The third-order valence-corrected chi connectivity index (χ3v) is 9.20. The standard InChI is InChI=1S/C33H34ClN3O6/c1-3-42-22-14-12-21(13-15-22)35-30(39)26-25-16-17-33(43-25)27(26)32(41)37(24(18-38)20-9-5-4-6-10-20)29(33)31(40)36-28-19(2)8-7-11-23(28)34/h4-15,24-27,29,38H,3,16-18H2,1-2H3,(H,35,39)(H,36,40)/t24-,25+,26-,27+,29?,33?/m1/s1. The number of hydrogen-bond acceptors (Lipinski definition) is 6. The van der Waals surface area contributed by atoms with Crippen molar-refractivity contribution >= 4 is 40.7 Å². The van der Waals surface area contributed by atoms with Crippen LogP contribution in [0.1, 0.15) is 36.9 Å². The van der Waals surface area contributed by atoms with Crippen LogP contribution < -0.4 is 15.4 Å². The van der Waals surface area contributed by atoms with Gasteiger partial charge in [-0.05, 0) is 68.1 Å². The lowest BCUT2D eigenvalue weighted by atomic mass is 9.70. The normalized spacial score (nSPS) is 26.2. The predicted molar refractivity (Wildman–Crippen MR) is 162 cm³/mol. The second-order valence-electron chi connectivity index (χ2n) is 11.3. The first-order chi connectivity index (χ1) is 20.8. The van der Waals surface area contributed by atoms with Crippen LogP contribution in [0.4, 0.5) is 11.4 Å². The van der Waals surface area contributed by atoms with Crippen molar-refractivity contribution in [3.8, 4) is 5.75 Å². The summed E-state index contributed by atoms with van der Waals surface area (Å²) in [5.41, 5.74) is 1.19. The number of aryl methyl sites for hydroxylation is 1. The summed E-state index contributed by atoms with van der Waals surface area (Å²) in [4.78, 5) is 44.0. The number of carbonyl (C=O) groups excluding carboxylic acids is 3. The summed E-state index contributed by atoms with van der Waals surface area (Å²) in [5.74, 6) is -2.26. The zero-order valence-electron chi connectivity index (χ0n) is 24.0. The molecular weight excluding hydrogens is 570 g/mol. The lowest BCUT2D eigenvalue weighted by Gasteiger charge is -2.37. The van der Waals surface area contributed by atoms with Crippen molar-refractivity contribution in [1.82, 2.24) is 4.90 Å². The Balaban J connectivity index is 1.37. The summed E-state index contributed by atoms with van der Waals surface area (Å²) in [6.07, 6.45) is 0.410. The van der Waals surface area contributed by atoms with E-state index >= 15 is 0 Å². The maximum atomic E-state index is 14.5. The molecule has 9 nitrogen and oxygen atoms in total. The number of aliphatic hydroxyl groups is 1. The van der Waals surface area contributed by atoms with Gasteiger partial charge in [0.2, 0.25) is 17.7 Å². The van der Waals surface area contributed by atoms with Crippen LogP contribution in [0.2, 0.25) is 5.02 Å². The molecule has 3 aromatic carbocycles. The number of halogens is 1. The topological polar surface area (TPSA) is 117 Å². The first-order valence-electron chi connectivity index (χ1n) is 14.5. The van der Waals surface area contributed by atoms with Crippen molar-refractivity contribution in [3.05, 3.63) is 88.9 Å². The van der Waals surface area contributed by atoms with Crippen LogP contribution in [0.3, 0.4) is 0 Å². The lowest BCUT2D eigenvalue weighted by molar-refractivity contribution is -0.143. The quantitative estimate of drug-likeness (QED) is 0.325. The molecule has 2 bridgehead atoms. The van der Waals surface area contributed by atoms with E-state index in [2.05, 4.69) is 10.6 Å². The zero-order valence-corrected chi connectivity index (χ0v) is 24.7. The minimum absolute atomic E-state index is 0.350. The molecule has 43 heavy (non-hydrogen) atoms. The van der Waals surface area contributed by atoms with Crippen LogP contribution in [-0.4, -0.2) is 58.7 Å². The van der Waals surface area contributed by atoms with E-state index in [4.69, 9.17) is 21.1 Å². The van der Waals surface area contributed by atoms with Gasteiger partial charge in [-0.25, -0.2) is 0 Å². The molecule has 0 aromatic heterocycles. The zero-order chi connectivity index (χ0) is 30.3. The molecule has 0 saturated carbocycles. The number of hydrogen-bond donors (Lipinski definition) is 3. The van der Waals surface area contributed by atoms with Crippen LogP contribution >= 0.6 is 11.6 Å². The molecule has 2 unspecified atom stereocenters. The summed E-state index contributed by atoms with van der Waals surface area (Å²) in [6.45, 7) is 3.84. The molecule has 3 aliphatic rings. The molecule has 3 fully saturated rings. The number of para-hydroxylation sites is 1. The highest BCUT2D eigenvalue weighted by molar-refractivity contribution is 6.34. The Labute approximate surface area is 255 Å². The van der Waals surface area contributed by atoms with Gasteiger partial charge in [0.1, 0.15) is 17.4 Å². The molecule has 3 aliphatic heterocycles. The highest BCUT2D eigenvalue weighted by Gasteiger charge is 2.75. The molecule has 3 amide bonds. The Hall–Kier alpha value is -3.92. The Morgan fingerprint density at radius 1 is 1.07 bits per heavy atom. The van der Waals surface area contributed by atoms with Crippen molar-refractivity contribution in [1.29, 1.82) is 0 Å². The third kappa shape index (κ3) is 4.95. The summed E-state index contributed by atoms with van der Waals surface area (Å²) >= 11 is 6.46. The van der Waals surface area contributed by atoms with Gasteiger partial charge in [-0.2, -0.15) is 0 Å². The van der Waals surface area contributed by atoms with Crippen LogP contribution in [-0.2, 0) is 19.1 Å². The highest BCUT2D eigenvalue weighted by Crippen LogP contribution is 2.60. The molecular formula is C33H34ClN3O6. The van der Waals surface area contributed by atoms with E-state index in [0.29, 0.717) is 47.2 Å². The van der Waals surface area contributed by atoms with Gasteiger partial charge < -0.3 is 30.1 Å². The second-order valence-corrected chi connectivity index (χ2v) is 11.7. The van der Waals surface area contributed by atoms with Crippen molar-refractivity contribution in [3.63, 3.8) is 0 Å². The maximum Gasteiger partial charge on any atom is 0.250 e. The number of ether oxygens (including phenoxy) is 2. The number of likely N-dealkylation sites (tertiary alicyclic amines) is 1. The third-order valence-electron chi connectivity index (χ3n) is 8.89. The molecule has 6 rings (SSSR count). The Morgan fingerprint density at radius 3 is 2.49 bits per heavy atom. The van der Waals surface area contributed by atoms with E-state index in [1.807, 2.05) is 50.2 Å².